The summed E-state index contributed by atoms with van der Waals surface area (Å²) in [5.41, 5.74) is 26.9. The SMILES string of the molecule is c1ccc(-c2cc(-c3cc(-c4nc(-c5ccccc5)nc(-c5ccccc5)n4)ccc3-n3c4ccc(-c5nc(-c6ccccc6)nc(-c6ccccc6)n5)cc4c4cc(-c5nc(-c6ccccc6)nc(-c6ccccc6)n5)ccc43)nc(-c3ccc(-c4ccc(N5c6ccccc6B6c7ccccc7N(c7ccccc7)c7cccc5c76)cc4)cc3)n2)cc1. The molecule has 0 spiro atoms. The van der Waals surface area contributed by atoms with Crippen LogP contribution in [0.1, 0.15) is 0 Å². The highest BCUT2D eigenvalue weighted by molar-refractivity contribution is 7.00. The lowest BCUT2D eigenvalue weighted by Gasteiger charge is -2.44. The third kappa shape index (κ3) is 13.2. The average Bonchev–Trinajstić information content (AvgIpc) is 0.743. The molecule has 0 N–H and O–H groups in total. The molecule has 0 atom stereocenters. The first-order valence-corrected chi connectivity index (χ1v) is 41.4. The maximum atomic E-state index is 5.76. The molecular formula is C109H69BN14. The van der Waals surface area contributed by atoms with Crippen LogP contribution in [0.3, 0.4) is 0 Å². The number of para-hydroxylation sites is 3. The van der Waals surface area contributed by atoms with Crippen molar-refractivity contribution >= 4 is 79.0 Å². The number of hydrogen-bond donors (Lipinski definition) is 0. The van der Waals surface area contributed by atoms with Gasteiger partial charge in [0.05, 0.1) is 28.1 Å². The fraction of sp³-hybridized carbons (Fsp3) is 0. The predicted molar refractivity (Wildman–Crippen MR) is 501 cm³/mol. The van der Waals surface area contributed by atoms with Crippen LogP contribution in [0.2, 0.25) is 0 Å². The normalized spacial score (nSPS) is 12.0. The number of benzene rings is 16. The van der Waals surface area contributed by atoms with E-state index in [1.54, 1.807) is 0 Å². The Morgan fingerprint density at radius 2 is 0.460 bits per heavy atom. The lowest BCUT2D eigenvalue weighted by molar-refractivity contribution is 1.07. The molecule has 124 heavy (non-hydrogen) atoms. The number of anilines is 6. The summed E-state index contributed by atoms with van der Waals surface area (Å²) in [6, 6.07) is 145. The molecule has 14 nitrogen and oxygen atoms in total. The van der Waals surface area contributed by atoms with Crippen molar-refractivity contribution in [1.29, 1.82) is 0 Å². The highest BCUT2D eigenvalue weighted by Crippen LogP contribution is 2.47. The molecule has 0 aliphatic carbocycles. The Morgan fingerprint density at radius 3 is 0.863 bits per heavy atom. The molecule has 0 saturated carbocycles. The predicted octanol–water partition coefficient (Wildman–Crippen LogP) is 23.9. The molecule has 23 rings (SSSR count). The summed E-state index contributed by atoms with van der Waals surface area (Å²) in [6.07, 6.45) is 0. The molecule has 15 heteroatoms. The Kier molecular flexibility index (Phi) is 18.0. The summed E-state index contributed by atoms with van der Waals surface area (Å²) in [5.74, 6) is 5.35. The van der Waals surface area contributed by atoms with Gasteiger partial charge < -0.3 is 14.4 Å². The lowest BCUT2D eigenvalue weighted by Crippen LogP contribution is -2.61. The van der Waals surface area contributed by atoms with E-state index < -0.39 is 0 Å². The fourth-order valence-corrected chi connectivity index (χ4v) is 17.5. The van der Waals surface area contributed by atoms with E-state index in [-0.39, 0.29) is 6.71 Å². The number of nitrogens with zero attached hydrogens (tertiary/aromatic N) is 14. The third-order valence-corrected chi connectivity index (χ3v) is 23.4. The van der Waals surface area contributed by atoms with Crippen LogP contribution < -0.4 is 26.2 Å². The molecule has 0 saturated heterocycles. The molecule has 2 aliphatic heterocycles. The van der Waals surface area contributed by atoms with E-state index in [0.29, 0.717) is 63.9 Å². The minimum atomic E-state index is 0.0431. The van der Waals surface area contributed by atoms with Crippen molar-refractivity contribution < 1.29 is 0 Å². The number of rotatable bonds is 16. The quantitative estimate of drug-likeness (QED) is 0.0844. The Labute approximate surface area is 715 Å². The zero-order chi connectivity index (χ0) is 82.0. The van der Waals surface area contributed by atoms with Crippen molar-refractivity contribution in [2.24, 2.45) is 0 Å². The monoisotopic (exact) mass is 1580 g/mol. The van der Waals surface area contributed by atoms with Crippen LogP contribution in [-0.4, -0.2) is 66.1 Å². The molecule has 0 radical (unpaired) electrons. The molecular weight excluding hydrogens is 1520 g/mol. The maximum absolute atomic E-state index is 5.76. The standard InChI is InChI=1S/C109H69BN14/c1-9-30-72(31-10-1)90-69-91(112-100(111-90)79-54-52-70(53-55-79)71-56-61-84(62-57-71)123-96-49-28-26-47-89(96)110-88-46-25-27-48-95(88)122(83-44-23-8-24-45-83)97-50-29-51-98(123)99(97)110)87-68-82(109-120-105(77-40-19-6-20-41-77)115-106(121-109)78-42-21-7-22-43-78)60-65-94(87)124-92-63-58-80(107-116-101(73-32-11-2-12-33-73)113-102(117-107)74-34-13-3-14-35-74)66-85(92)86-67-81(59-64-93(86)124)108-118-103(75-36-15-4-16-37-75)114-104(119-108)76-38-17-5-18-39-76/h1-69H. The first-order valence-electron chi connectivity index (χ1n) is 41.4. The van der Waals surface area contributed by atoms with Crippen molar-refractivity contribution in [3.05, 3.63) is 419 Å². The van der Waals surface area contributed by atoms with Gasteiger partial charge in [-0.25, -0.2) is 54.8 Å². The van der Waals surface area contributed by atoms with Gasteiger partial charge in [0.25, 0.3) is 6.71 Å². The molecule has 0 unspecified atom stereocenters. The maximum Gasteiger partial charge on any atom is 0.252 e. The molecule has 5 aromatic heterocycles. The van der Waals surface area contributed by atoms with E-state index in [2.05, 4.69) is 245 Å². The van der Waals surface area contributed by atoms with Gasteiger partial charge in [0, 0.05) is 112 Å². The van der Waals surface area contributed by atoms with Crippen molar-refractivity contribution in [2.45, 2.75) is 0 Å². The average molecular weight is 1590 g/mol. The highest BCUT2D eigenvalue weighted by atomic mass is 15.2. The third-order valence-electron chi connectivity index (χ3n) is 23.4. The zero-order valence-corrected chi connectivity index (χ0v) is 66.7. The summed E-state index contributed by atoms with van der Waals surface area (Å²) in [5, 5.41) is 1.83. The summed E-state index contributed by atoms with van der Waals surface area (Å²) in [6.45, 7) is 0.0431. The molecule has 7 heterocycles. The van der Waals surface area contributed by atoms with Gasteiger partial charge in [0.2, 0.25) is 0 Å². The Balaban J connectivity index is 0.700. The van der Waals surface area contributed by atoms with Gasteiger partial charge in [-0.1, -0.05) is 309 Å². The summed E-state index contributed by atoms with van der Waals surface area (Å²) >= 11 is 0. The van der Waals surface area contributed by atoms with Crippen molar-refractivity contribution in [1.82, 2.24) is 59.4 Å². The van der Waals surface area contributed by atoms with E-state index >= 15 is 0 Å². The summed E-state index contributed by atoms with van der Waals surface area (Å²) in [4.78, 5) is 63.3. The van der Waals surface area contributed by atoms with E-state index in [1.165, 1.54) is 27.8 Å². The molecule has 21 aromatic rings. The minimum absolute atomic E-state index is 0.0431. The largest absolute Gasteiger partial charge is 0.311 e. The van der Waals surface area contributed by atoms with Crippen LogP contribution in [0.4, 0.5) is 34.1 Å². The molecule has 0 amide bonds. The Hall–Kier alpha value is -16.9. The Bertz CT molecular complexity index is 7290. The van der Waals surface area contributed by atoms with Crippen LogP contribution in [0.25, 0.3) is 175 Å². The van der Waals surface area contributed by atoms with Crippen molar-refractivity contribution in [2.75, 3.05) is 9.80 Å². The summed E-state index contributed by atoms with van der Waals surface area (Å²) in [7, 11) is 0. The molecule has 0 fully saturated rings. The zero-order valence-electron chi connectivity index (χ0n) is 66.7. The van der Waals surface area contributed by atoms with Crippen LogP contribution in [0.15, 0.2) is 419 Å². The van der Waals surface area contributed by atoms with Crippen molar-refractivity contribution in [3.63, 3.8) is 0 Å². The molecule has 578 valence electrons. The van der Waals surface area contributed by atoms with Crippen LogP contribution in [0.5, 0.6) is 0 Å². The number of fused-ring (bicyclic) bond motifs is 7. The highest BCUT2D eigenvalue weighted by Gasteiger charge is 2.43. The fourth-order valence-electron chi connectivity index (χ4n) is 17.5. The molecule has 2 aliphatic rings. The van der Waals surface area contributed by atoms with Gasteiger partial charge in [0.15, 0.2) is 58.2 Å². The van der Waals surface area contributed by atoms with Crippen LogP contribution in [0, 0.1) is 0 Å². The minimum Gasteiger partial charge on any atom is -0.311 e. The van der Waals surface area contributed by atoms with E-state index in [9.17, 15) is 0 Å². The first-order chi connectivity index (χ1) is 61.4. The summed E-state index contributed by atoms with van der Waals surface area (Å²) < 4.78 is 2.34. The van der Waals surface area contributed by atoms with Crippen molar-refractivity contribution in [3.8, 4) is 153 Å². The number of aromatic nitrogens is 12. The number of hydrogen-bond acceptors (Lipinski definition) is 13. The van der Waals surface area contributed by atoms with Gasteiger partial charge in [-0.2, -0.15) is 0 Å². The van der Waals surface area contributed by atoms with Gasteiger partial charge in [-0.05, 0) is 137 Å². The van der Waals surface area contributed by atoms with Crippen LogP contribution >= 0.6 is 0 Å². The molecule has 0 bridgehead atoms. The van der Waals surface area contributed by atoms with Crippen LogP contribution in [-0.2, 0) is 0 Å². The lowest BCUT2D eigenvalue weighted by atomic mass is 9.33. The van der Waals surface area contributed by atoms with Gasteiger partial charge in [0.1, 0.15) is 0 Å². The second-order valence-electron chi connectivity index (χ2n) is 30.9. The second kappa shape index (κ2) is 30.8. The smallest absolute Gasteiger partial charge is 0.252 e. The van der Waals surface area contributed by atoms with E-state index in [1.807, 2.05) is 188 Å². The topological polar surface area (TPSA) is 153 Å². The second-order valence-corrected chi connectivity index (χ2v) is 30.9. The van der Waals surface area contributed by atoms with Gasteiger partial charge >= 0.3 is 0 Å². The van der Waals surface area contributed by atoms with E-state index in [0.717, 1.165) is 134 Å². The Morgan fingerprint density at radius 1 is 0.177 bits per heavy atom. The van der Waals surface area contributed by atoms with E-state index in [4.69, 9.17) is 54.8 Å². The van der Waals surface area contributed by atoms with Gasteiger partial charge in [-0.15, -0.1) is 0 Å². The molecule has 16 aromatic carbocycles. The first kappa shape index (κ1) is 72.3. The van der Waals surface area contributed by atoms with Gasteiger partial charge in [-0.3, -0.25) is 0 Å².